The van der Waals surface area contributed by atoms with Crippen molar-refractivity contribution in [1.82, 2.24) is 10.6 Å². The summed E-state index contributed by atoms with van der Waals surface area (Å²) in [7, 11) is 0. The Labute approximate surface area is 160 Å². The second kappa shape index (κ2) is 11.3. The van der Waals surface area contributed by atoms with Gasteiger partial charge in [0.1, 0.15) is 5.70 Å². The average molecular weight is 360 g/mol. The van der Waals surface area contributed by atoms with Crippen molar-refractivity contribution in [2.24, 2.45) is 0 Å². The zero-order valence-corrected chi connectivity index (χ0v) is 15.4. The Morgan fingerprint density at radius 3 is 2.07 bits per heavy atom. The summed E-state index contributed by atoms with van der Waals surface area (Å²) in [5, 5.41) is 5.43. The fraction of sp³-hybridized carbons (Fsp3) is 0.130. The molecule has 27 heavy (non-hydrogen) atoms. The molecule has 0 spiro atoms. The van der Waals surface area contributed by atoms with E-state index in [1.165, 1.54) is 6.08 Å². The molecule has 138 valence electrons. The van der Waals surface area contributed by atoms with Crippen molar-refractivity contribution in [1.29, 1.82) is 0 Å². The van der Waals surface area contributed by atoms with Gasteiger partial charge in [-0.15, -0.1) is 0 Å². The lowest BCUT2D eigenvalue weighted by Crippen LogP contribution is -2.34. The highest BCUT2D eigenvalue weighted by atomic mass is 16.2. The van der Waals surface area contributed by atoms with Crippen LogP contribution in [0.2, 0.25) is 0 Å². The number of rotatable bonds is 8. The maximum Gasteiger partial charge on any atom is 0.267 e. The van der Waals surface area contributed by atoms with Gasteiger partial charge in [-0.25, -0.2) is 0 Å². The van der Waals surface area contributed by atoms with Crippen molar-refractivity contribution in [3.8, 4) is 0 Å². The number of allylic oxidation sites excluding steroid dienone is 2. The molecule has 2 N–H and O–H groups in total. The van der Waals surface area contributed by atoms with Gasteiger partial charge in [0, 0.05) is 12.6 Å². The highest BCUT2D eigenvalue weighted by Crippen LogP contribution is 2.03. The first-order chi connectivity index (χ1) is 13.2. The van der Waals surface area contributed by atoms with Gasteiger partial charge in [-0.3, -0.25) is 9.59 Å². The molecular weight excluding hydrogens is 336 g/mol. The molecule has 2 aromatic carbocycles. The van der Waals surface area contributed by atoms with Crippen molar-refractivity contribution in [3.63, 3.8) is 0 Å². The van der Waals surface area contributed by atoms with Crippen molar-refractivity contribution in [3.05, 3.63) is 95.7 Å². The average Bonchev–Trinajstić information content (AvgIpc) is 2.71. The highest BCUT2D eigenvalue weighted by Gasteiger charge is 2.10. The quantitative estimate of drug-likeness (QED) is 0.553. The molecule has 0 unspecified atom stereocenters. The molecule has 0 saturated heterocycles. The minimum Gasteiger partial charge on any atom is -0.351 e. The van der Waals surface area contributed by atoms with Gasteiger partial charge in [-0.05, 0) is 29.7 Å². The molecule has 0 aromatic heterocycles. The first-order valence-electron chi connectivity index (χ1n) is 8.94. The van der Waals surface area contributed by atoms with Crippen molar-refractivity contribution >= 4 is 24.0 Å². The van der Waals surface area contributed by atoms with E-state index in [1.54, 1.807) is 18.2 Å². The highest BCUT2D eigenvalue weighted by molar-refractivity contribution is 6.01. The molecule has 0 atom stereocenters. The maximum absolute atomic E-state index is 12.3. The van der Waals surface area contributed by atoms with Gasteiger partial charge in [-0.2, -0.15) is 0 Å². The van der Waals surface area contributed by atoms with Crippen molar-refractivity contribution in [2.45, 2.75) is 13.3 Å². The van der Waals surface area contributed by atoms with Gasteiger partial charge in [0.25, 0.3) is 5.91 Å². The van der Waals surface area contributed by atoms with E-state index in [4.69, 9.17) is 0 Å². The number of benzene rings is 2. The van der Waals surface area contributed by atoms with Crippen LogP contribution in [-0.4, -0.2) is 18.4 Å². The lowest BCUT2D eigenvalue weighted by molar-refractivity contribution is -0.121. The predicted molar refractivity (Wildman–Crippen MR) is 110 cm³/mol. The summed E-state index contributed by atoms with van der Waals surface area (Å²) in [6, 6.07) is 19.2. The predicted octanol–water partition coefficient (Wildman–Crippen LogP) is 3.94. The topological polar surface area (TPSA) is 58.2 Å². The van der Waals surface area contributed by atoms with Crippen LogP contribution in [0.3, 0.4) is 0 Å². The lowest BCUT2D eigenvalue weighted by atomic mass is 10.2. The lowest BCUT2D eigenvalue weighted by Gasteiger charge is -2.08. The van der Waals surface area contributed by atoms with E-state index < -0.39 is 0 Å². The molecule has 2 aromatic rings. The molecule has 0 aliphatic carbocycles. The molecule has 0 aliphatic rings. The number of carbonyl (C=O) groups excluding carboxylic acids is 2. The van der Waals surface area contributed by atoms with E-state index in [2.05, 4.69) is 10.6 Å². The van der Waals surface area contributed by atoms with E-state index in [9.17, 15) is 9.59 Å². The molecule has 2 rings (SSSR count). The first-order valence-corrected chi connectivity index (χ1v) is 8.94. The van der Waals surface area contributed by atoms with E-state index in [0.29, 0.717) is 6.54 Å². The summed E-state index contributed by atoms with van der Waals surface area (Å²) >= 11 is 0. The van der Waals surface area contributed by atoms with Crippen LogP contribution in [0.25, 0.3) is 12.2 Å². The largest absolute Gasteiger partial charge is 0.351 e. The summed E-state index contributed by atoms with van der Waals surface area (Å²) in [5.74, 6) is -0.666. The summed E-state index contributed by atoms with van der Waals surface area (Å²) in [4.78, 5) is 24.5. The number of carbonyl (C=O) groups is 2. The van der Waals surface area contributed by atoms with Gasteiger partial charge in [-0.1, -0.05) is 79.7 Å². The molecule has 0 aliphatic heterocycles. The Balaban J connectivity index is 2.08. The maximum atomic E-state index is 12.3. The van der Waals surface area contributed by atoms with Gasteiger partial charge in [0.05, 0.1) is 0 Å². The number of nitrogens with one attached hydrogen (secondary N) is 2. The van der Waals surface area contributed by atoms with Crippen LogP contribution in [-0.2, 0) is 9.59 Å². The molecule has 0 bridgehead atoms. The normalized spacial score (nSPS) is 11.7. The molecule has 0 heterocycles. The third-order valence-electron chi connectivity index (χ3n) is 3.62. The molecule has 4 heteroatoms. The molecule has 0 saturated carbocycles. The second-order valence-corrected chi connectivity index (χ2v) is 5.84. The summed E-state index contributed by atoms with van der Waals surface area (Å²) in [6.07, 6.45) is 9.16. The van der Waals surface area contributed by atoms with E-state index in [0.717, 1.165) is 17.5 Å². The van der Waals surface area contributed by atoms with Crippen molar-refractivity contribution < 1.29 is 9.59 Å². The minimum absolute atomic E-state index is 0.207. The van der Waals surface area contributed by atoms with Crippen LogP contribution < -0.4 is 10.6 Å². The van der Waals surface area contributed by atoms with Crippen LogP contribution in [0.5, 0.6) is 0 Å². The van der Waals surface area contributed by atoms with Crippen LogP contribution >= 0.6 is 0 Å². The Kier molecular flexibility index (Phi) is 8.31. The van der Waals surface area contributed by atoms with Gasteiger partial charge in [0.15, 0.2) is 0 Å². The third-order valence-corrected chi connectivity index (χ3v) is 3.62. The Morgan fingerprint density at radius 2 is 1.48 bits per heavy atom. The zero-order valence-electron chi connectivity index (χ0n) is 15.4. The number of hydrogen-bond donors (Lipinski definition) is 2. The number of amides is 2. The second-order valence-electron chi connectivity index (χ2n) is 5.84. The summed E-state index contributed by atoms with van der Waals surface area (Å²) in [6.45, 7) is 2.52. The zero-order chi connectivity index (χ0) is 19.3. The van der Waals surface area contributed by atoms with E-state index in [1.807, 2.05) is 73.7 Å². The third kappa shape index (κ3) is 7.57. The number of hydrogen-bond acceptors (Lipinski definition) is 2. The van der Waals surface area contributed by atoms with E-state index >= 15 is 0 Å². The molecule has 2 amide bonds. The molecule has 0 fully saturated rings. The fourth-order valence-corrected chi connectivity index (χ4v) is 2.24. The first kappa shape index (κ1) is 19.9. The Hall–Kier alpha value is -3.40. The molecular formula is C23H24N2O2. The Bertz CT molecular complexity index is 822. The molecule has 4 nitrogen and oxygen atoms in total. The van der Waals surface area contributed by atoms with Crippen LogP contribution in [0.4, 0.5) is 0 Å². The fourth-order valence-electron chi connectivity index (χ4n) is 2.24. The minimum atomic E-state index is -0.357. The van der Waals surface area contributed by atoms with Crippen molar-refractivity contribution in [2.75, 3.05) is 6.54 Å². The van der Waals surface area contributed by atoms with Gasteiger partial charge in [0.2, 0.25) is 5.91 Å². The summed E-state index contributed by atoms with van der Waals surface area (Å²) < 4.78 is 0. The van der Waals surface area contributed by atoms with Gasteiger partial charge < -0.3 is 10.6 Å². The Morgan fingerprint density at radius 1 is 0.889 bits per heavy atom. The SMILES string of the molecule is CCCNC(=O)/C(=C\C=C\c1ccccc1)NC(=O)C=Cc1ccccc1. The standard InChI is InChI=1S/C23H24N2O2/c1-2-18-24-23(27)21(15-9-14-19-10-5-3-6-11-19)25-22(26)17-16-20-12-7-4-8-13-20/h3-17H,2,18H2,1H3,(H,24,27)(H,25,26)/b14-9+,17-16?,21-15+. The smallest absolute Gasteiger partial charge is 0.267 e. The van der Waals surface area contributed by atoms with Crippen LogP contribution in [0, 0.1) is 0 Å². The molecule has 0 radical (unpaired) electrons. The van der Waals surface area contributed by atoms with Crippen LogP contribution in [0.15, 0.2) is 84.6 Å². The van der Waals surface area contributed by atoms with E-state index in [-0.39, 0.29) is 17.5 Å². The monoisotopic (exact) mass is 360 g/mol. The summed E-state index contributed by atoms with van der Waals surface area (Å²) in [5.41, 5.74) is 2.13. The van der Waals surface area contributed by atoms with Crippen LogP contribution in [0.1, 0.15) is 24.5 Å². The van der Waals surface area contributed by atoms with Gasteiger partial charge >= 0.3 is 0 Å².